The van der Waals surface area contributed by atoms with E-state index in [4.69, 9.17) is 16.6 Å². The van der Waals surface area contributed by atoms with Crippen molar-refractivity contribution in [2.45, 2.75) is 19.8 Å². The summed E-state index contributed by atoms with van der Waals surface area (Å²) in [5, 5.41) is 8.83. The highest BCUT2D eigenvalue weighted by Gasteiger charge is 2.03. The van der Waals surface area contributed by atoms with Crippen LogP contribution in [-0.4, -0.2) is 11.7 Å². The summed E-state index contributed by atoms with van der Waals surface area (Å²) >= 11 is 0. The summed E-state index contributed by atoms with van der Waals surface area (Å²) in [7, 11) is 0. The first kappa shape index (κ1) is 9.86. The second kappa shape index (κ2) is 4.14. The molecule has 0 saturated carbocycles. The Bertz CT molecular complexity index is 297. The van der Waals surface area contributed by atoms with Gasteiger partial charge in [0.25, 0.3) is 0 Å². The number of aryl methyl sites for hydroxylation is 1. The average Bonchev–Trinajstić information content (AvgIpc) is 2.11. The predicted molar refractivity (Wildman–Crippen MR) is 55.4 cm³/mol. The Hall–Kier alpha value is -1.22. The van der Waals surface area contributed by atoms with Gasteiger partial charge in [0.2, 0.25) is 0 Å². The lowest BCUT2D eigenvalue weighted by atomic mass is 10.0. The molecule has 3 heteroatoms. The number of anilines is 2. The summed E-state index contributed by atoms with van der Waals surface area (Å²) in [6.45, 7) is 2.21. The summed E-state index contributed by atoms with van der Waals surface area (Å²) in [5.41, 5.74) is 14.8. The quantitative estimate of drug-likeness (QED) is 0.606. The van der Waals surface area contributed by atoms with E-state index in [9.17, 15) is 0 Å². The number of nitrogen functional groups attached to an aromatic ring is 2. The lowest BCUT2D eigenvalue weighted by Crippen LogP contribution is -2.02. The van der Waals surface area contributed by atoms with Crippen LogP contribution in [0.5, 0.6) is 0 Å². The van der Waals surface area contributed by atoms with Crippen LogP contribution in [0.3, 0.4) is 0 Å². The van der Waals surface area contributed by atoms with Gasteiger partial charge in [-0.3, -0.25) is 0 Å². The van der Waals surface area contributed by atoms with E-state index in [1.165, 1.54) is 5.56 Å². The predicted octanol–water partition coefficient (Wildman–Crippen LogP) is 0.948. The molecule has 1 aromatic rings. The molecule has 0 amide bonds. The second-order valence-corrected chi connectivity index (χ2v) is 3.08. The SMILES string of the molecule is CCc1cc(N)c(N)cc1CCO. The minimum atomic E-state index is 0.149. The van der Waals surface area contributed by atoms with Crippen LogP contribution in [-0.2, 0) is 12.8 Å². The van der Waals surface area contributed by atoms with Crippen LogP contribution in [0.2, 0.25) is 0 Å². The van der Waals surface area contributed by atoms with Crippen molar-refractivity contribution in [1.82, 2.24) is 0 Å². The highest BCUT2D eigenvalue weighted by Crippen LogP contribution is 2.21. The number of hydrogen-bond donors (Lipinski definition) is 3. The molecule has 0 aliphatic carbocycles. The first-order valence-electron chi connectivity index (χ1n) is 4.46. The summed E-state index contributed by atoms with van der Waals surface area (Å²) in [4.78, 5) is 0. The van der Waals surface area contributed by atoms with E-state index in [-0.39, 0.29) is 6.61 Å². The smallest absolute Gasteiger partial charge is 0.0550 e. The fourth-order valence-electron chi connectivity index (χ4n) is 1.41. The molecule has 1 aromatic carbocycles. The molecule has 0 unspecified atom stereocenters. The molecule has 0 fully saturated rings. The maximum atomic E-state index is 8.83. The van der Waals surface area contributed by atoms with Gasteiger partial charge in [0.1, 0.15) is 0 Å². The zero-order valence-corrected chi connectivity index (χ0v) is 7.88. The van der Waals surface area contributed by atoms with Crippen LogP contribution in [0.15, 0.2) is 12.1 Å². The highest BCUT2D eigenvalue weighted by molar-refractivity contribution is 5.66. The minimum absolute atomic E-state index is 0.149. The van der Waals surface area contributed by atoms with Gasteiger partial charge in [0, 0.05) is 6.61 Å². The lowest BCUT2D eigenvalue weighted by molar-refractivity contribution is 0.299. The molecule has 13 heavy (non-hydrogen) atoms. The van der Waals surface area contributed by atoms with Crippen molar-refractivity contribution in [1.29, 1.82) is 0 Å². The lowest BCUT2D eigenvalue weighted by Gasteiger charge is -2.09. The maximum absolute atomic E-state index is 8.83. The largest absolute Gasteiger partial charge is 0.397 e. The van der Waals surface area contributed by atoms with Crippen molar-refractivity contribution in [3.8, 4) is 0 Å². The zero-order chi connectivity index (χ0) is 9.84. The van der Waals surface area contributed by atoms with Crippen molar-refractivity contribution in [3.05, 3.63) is 23.3 Å². The van der Waals surface area contributed by atoms with E-state index < -0.39 is 0 Å². The molecule has 0 heterocycles. The van der Waals surface area contributed by atoms with Crippen molar-refractivity contribution in [2.75, 3.05) is 18.1 Å². The fourth-order valence-corrected chi connectivity index (χ4v) is 1.41. The zero-order valence-electron chi connectivity index (χ0n) is 7.88. The van der Waals surface area contributed by atoms with E-state index >= 15 is 0 Å². The van der Waals surface area contributed by atoms with Gasteiger partial charge in [-0.15, -0.1) is 0 Å². The van der Waals surface area contributed by atoms with Crippen molar-refractivity contribution in [2.24, 2.45) is 0 Å². The van der Waals surface area contributed by atoms with Gasteiger partial charge in [-0.2, -0.15) is 0 Å². The molecule has 72 valence electrons. The van der Waals surface area contributed by atoms with Crippen LogP contribution in [0, 0.1) is 0 Å². The molecule has 0 aliphatic heterocycles. The van der Waals surface area contributed by atoms with Gasteiger partial charge in [0.05, 0.1) is 11.4 Å². The Balaban J connectivity index is 3.09. The Morgan fingerprint density at radius 3 is 2.15 bits per heavy atom. The molecule has 3 nitrogen and oxygen atoms in total. The Kier molecular flexibility index (Phi) is 3.14. The Labute approximate surface area is 78.4 Å². The van der Waals surface area contributed by atoms with Crippen molar-refractivity contribution in [3.63, 3.8) is 0 Å². The van der Waals surface area contributed by atoms with Crippen LogP contribution in [0.25, 0.3) is 0 Å². The van der Waals surface area contributed by atoms with Gasteiger partial charge in [0.15, 0.2) is 0 Å². The monoisotopic (exact) mass is 180 g/mol. The molecular weight excluding hydrogens is 164 g/mol. The summed E-state index contributed by atoms with van der Waals surface area (Å²) in [6.07, 6.45) is 1.56. The first-order valence-corrected chi connectivity index (χ1v) is 4.46. The molecule has 0 spiro atoms. The number of benzene rings is 1. The van der Waals surface area contributed by atoms with Gasteiger partial charge in [-0.25, -0.2) is 0 Å². The first-order chi connectivity index (χ1) is 6.19. The third kappa shape index (κ3) is 2.12. The highest BCUT2D eigenvalue weighted by atomic mass is 16.2. The molecule has 5 N–H and O–H groups in total. The van der Waals surface area contributed by atoms with Gasteiger partial charge in [-0.05, 0) is 36.1 Å². The van der Waals surface area contributed by atoms with Crippen LogP contribution >= 0.6 is 0 Å². The van der Waals surface area contributed by atoms with Crippen LogP contribution < -0.4 is 11.5 Å². The molecule has 0 bridgehead atoms. The fraction of sp³-hybridized carbons (Fsp3) is 0.400. The molecular formula is C10H16N2O. The number of aliphatic hydroxyl groups excluding tert-OH is 1. The normalized spacial score (nSPS) is 10.3. The third-order valence-electron chi connectivity index (χ3n) is 2.17. The summed E-state index contributed by atoms with van der Waals surface area (Å²) in [6, 6.07) is 3.74. The number of aliphatic hydroxyl groups is 1. The van der Waals surface area contributed by atoms with E-state index in [1.807, 2.05) is 12.1 Å². The van der Waals surface area contributed by atoms with E-state index in [0.717, 1.165) is 12.0 Å². The second-order valence-electron chi connectivity index (χ2n) is 3.08. The number of hydrogen-bond acceptors (Lipinski definition) is 3. The minimum Gasteiger partial charge on any atom is -0.397 e. The molecule has 1 rings (SSSR count). The van der Waals surface area contributed by atoms with Gasteiger partial charge >= 0.3 is 0 Å². The van der Waals surface area contributed by atoms with Crippen molar-refractivity contribution >= 4 is 11.4 Å². The standard InChI is InChI=1S/C10H16N2O/c1-2-7-5-9(11)10(12)6-8(7)3-4-13/h5-6,13H,2-4,11-12H2,1H3. The van der Waals surface area contributed by atoms with E-state index in [0.29, 0.717) is 17.8 Å². The van der Waals surface area contributed by atoms with Crippen LogP contribution in [0.4, 0.5) is 11.4 Å². The molecule has 0 saturated heterocycles. The van der Waals surface area contributed by atoms with Crippen LogP contribution in [0.1, 0.15) is 18.1 Å². The maximum Gasteiger partial charge on any atom is 0.0550 e. The summed E-state index contributed by atoms with van der Waals surface area (Å²) in [5.74, 6) is 0. The molecule has 0 atom stereocenters. The molecule has 0 aliphatic rings. The average molecular weight is 180 g/mol. The third-order valence-corrected chi connectivity index (χ3v) is 2.17. The van der Waals surface area contributed by atoms with Gasteiger partial charge in [-0.1, -0.05) is 6.92 Å². The molecule has 0 radical (unpaired) electrons. The number of nitrogens with two attached hydrogens (primary N) is 2. The number of rotatable bonds is 3. The Morgan fingerprint density at radius 1 is 1.15 bits per heavy atom. The van der Waals surface area contributed by atoms with E-state index in [2.05, 4.69) is 6.92 Å². The Morgan fingerprint density at radius 2 is 1.69 bits per heavy atom. The van der Waals surface area contributed by atoms with Gasteiger partial charge < -0.3 is 16.6 Å². The van der Waals surface area contributed by atoms with Crippen molar-refractivity contribution < 1.29 is 5.11 Å². The molecule has 0 aromatic heterocycles. The summed E-state index contributed by atoms with van der Waals surface area (Å²) < 4.78 is 0. The van der Waals surface area contributed by atoms with E-state index in [1.54, 1.807) is 0 Å². The topological polar surface area (TPSA) is 72.3 Å².